The van der Waals surface area contributed by atoms with Gasteiger partial charge in [-0.1, -0.05) is 24.3 Å². The molecule has 0 spiro atoms. The van der Waals surface area contributed by atoms with E-state index >= 15 is 0 Å². The van der Waals surface area contributed by atoms with Crippen LogP contribution >= 0.6 is 0 Å². The molecule has 1 amide bonds. The van der Waals surface area contributed by atoms with Crippen molar-refractivity contribution in [3.05, 3.63) is 88.7 Å². The summed E-state index contributed by atoms with van der Waals surface area (Å²) in [7, 11) is 0. The molecule has 0 fully saturated rings. The lowest BCUT2D eigenvalue weighted by Gasteiger charge is -2.14. The molecular weight excluding hydrogens is 354 g/mol. The number of nitriles is 1. The molecule has 1 atom stereocenters. The quantitative estimate of drug-likeness (QED) is 0.643. The van der Waals surface area contributed by atoms with Gasteiger partial charge in [0, 0.05) is 23.5 Å². The SMILES string of the molecule is CC(Nc1ncc(C(=O)c2cccc(C#N)c2)cn1)c1ccc(C(N)=O)cc1. The Morgan fingerprint density at radius 1 is 1.04 bits per heavy atom. The van der Waals surface area contributed by atoms with Gasteiger partial charge in [-0.15, -0.1) is 0 Å². The van der Waals surface area contributed by atoms with E-state index in [2.05, 4.69) is 15.3 Å². The molecule has 0 radical (unpaired) electrons. The Bertz CT molecular complexity index is 1050. The second kappa shape index (κ2) is 8.10. The van der Waals surface area contributed by atoms with Gasteiger partial charge < -0.3 is 11.1 Å². The highest BCUT2D eigenvalue weighted by Crippen LogP contribution is 2.18. The largest absolute Gasteiger partial charge is 0.366 e. The van der Waals surface area contributed by atoms with Gasteiger partial charge in [-0.2, -0.15) is 5.26 Å². The fourth-order valence-electron chi connectivity index (χ4n) is 2.63. The Kier molecular flexibility index (Phi) is 5.42. The normalized spacial score (nSPS) is 11.3. The molecule has 3 N–H and O–H groups in total. The second-order valence-corrected chi connectivity index (χ2v) is 6.17. The van der Waals surface area contributed by atoms with E-state index in [-0.39, 0.29) is 11.8 Å². The minimum Gasteiger partial charge on any atom is -0.366 e. The molecule has 7 heteroatoms. The zero-order valence-corrected chi connectivity index (χ0v) is 15.1. The number of nitrogens with zero attached hydrogens (tertiary/aromatic N) is 3. The van der Waals surface area contributed by atoms with Crippen molar-refractivity contribution in [1.82, 2.24) is 9.97 Å². The smallest absolute Gasteiger partial charge is 0.248 e. The number of carbonyl (C=O) groups excluding carboxylic acids is 2. The lowest BCUT2D eigenvalue weighted by Crippen LogP contribution is -2.13. The number of carbonyl (C=O) groups is 2. The maximum absolute atomic E-state index is 12.5. The van der Waals surface area contributed by atoms with Gasteiger partial charge in [0.25, 0.3) is 0 Å². The van der Waals surface area contributed by atoms with Crippen molar-refractivity contribution in [2.45, 2.75) is 13.0 Å². The minimum absolute atomic E-state index is 0.115. The van der Waals surface area contributed by atoms with Crippen LogP contribution in [0.5, 0.6) is 0 Å². The van der Waals surface area contributed by atoms with Gasteiger partial charge in [0.1, 0.15) is 0 Å². The summed E-state index contributed by atoms with van der Waals surface area (Å²) in [5, 5.41) is 12.1. The van der Waals surface area contributed by atoms with Crippen LogP contribution in [0.2, 0.25) is 0 Å². The highest BCUT2D eigenvalue weighted by Gasteiger charge is 2.12. The first-order valence-electron chi connectivity index (χ1n) is 8.51. The number of ketones is 1. The Morgan fingerprint density at radius 3 is 2.32 bits per heavy atom. The van der Waals surface area contributed by atoms with Gasteiger partial charge in [0.05, 0.1) is 23.2 Å². The van der Waals surface area contributed by atoms with Crippen LogP contribution in [0, 0.1) is 11.3 Å². The van der Waals surface area contributed by atoms with Crippen molar-refractivity contribution < 1.29 is 9.59 Å². The average molecular weight is 371 g/mol. The van der Waals surface area contributed by atoms with Crippen molar-refractivity contribution >= 4 is 17.6 Å². The Hall–Kier alpha value is -4.05. The molecule has 0 aliphatic carbocycles. The molecule has 138 valence electrons. The van der Waals surface area contributed by atoms with Crippen molar-refractivity contribution in [1.29, 1.82) is 5.26 Å². The van der Waals surface area contributed by atoms with E-state index in [1.54, 1.807) is 42.5 Å². The number of rotatable bonds is 6. The highest BCUT2D eigenvalue weighted by atomic mass is 16.1. The molecule has 3 aromatic rings. The Balaban J connectivity index is 1.70. The van der Waals surface area contributed by atoms with Gasteiger partial charge in [0.15, 0.2) is 5.78 Å². The van der Waals surface area contributed by atoms with E-state index in [9.17, 15) is 9.59 Å². The highest BCUT2D eigenvalue weighted by molar-refractivity contribution is 6.08. The third kappa shape index (κ3) is 4.19. The summed E-state index contributed by atoms with van der Waals surface area (Å²) in [5.41, 5.74) is 7.77. The van der Waals surface area contributed by atoms with Crippen molar-refractivity contribution in [2.75, 3.05) is 5.32 Å². The zero-order chi connectivity index (χ0) is 20.1. The van der Waals surface area contributed by atoms with E-state index < -0.39 is 5.91 Å². The first-order chi connectivity index (χ1) is 13.5. The molecule has 1 unspecified atom stereocenters. The summed E-state index contributed by atoms with van der Waals surface area (Å²) in [6.07, 6.45) is 2.89. The lowest BCUT2D eigenvalue weighted by molar-refractivity contribution is 0.0998. The predicted molar refractivity (Wildman–Crippen MR) is 104 cm³/mol. The molecule has 0 bridgehead atoms. The van der Waals surface area contributed by atoms with Gasteiger partial charge in [0.2, 0.25) is 11.9 Å². The summed E-state index contributed by atoms with van der Waals surface area (Å²) in [6, 6.07) is 15.3. The van der Waals surface area contributed by atoms with E-state index in [1.165, 1.54) is 18.5 Å². The number of aromatic nitrogens is 2. The van der Waals surface area contributed by atoms with Crippen LogP contribution in [0.25, 0.3) is 0 Å². The summed E-state index contributed by atoms with van der Waals surface area (Å²) in [5.74, 6) is -0.358. The maximum Gasteiger partial charge on any atom is 0.248 e. The number of nitrogens with one attached hydrogen (secondary N) is 1. The molecule has 2 aromatic carbocycles. The first kappa shape index (κ1) is 18.7. The number of primary amides is 1. The van der Waals surface area contributed by atoms with Crippen LogP contribution in [0.1, 0.15) is 50.4 Å². The Morgan fingerprint density at radius 2 is 1.71 bits per heavy atom. The molecule has 0 saturated carbocycles. The standard InChI is InChI=1S/C21H17N5O2/c1-13(15-5-7-16(8-6-15)20(23)28)26-21-24-11-18(12-25-21)19(27)17-4-2-3-14(9-17)10-22/h2-9,11-13H,1H3,(H2,23,28)(H,24,25,26). The molecule has 1 aromatic heterocycles. The minimum atomic E-state index is -0.476. The Labute approximate surface area is 161 Å². The van der Waals surface area contributed by atoms with Crippen LogP contribution in [0.3, 0.4) is 0 Å². The number of amides is 1. The second-order valence-electron chi connectivity index (χ2n) is 6.17. The molecule has 1 heterocycles. The van der Waals surface area contributed by atoms with Gasteiger partial charge in [-0.25, -0.2) is 9.97 Å². The fourth-order valence-corrected chi connectivity index (χ4v) is 2.63. The molecule has 0 saturated heterocycles. The van der Waals surface area contributed by atoms with E-state index in [4.69, 9.17) is 11.0 Å². The third-order valence-corrected chi connectivity index (χ3v) is 4.21. The topological polar surface area (TPSA) is 122 Å². The van der Waals surface area contributed by atoms with Crippen LogP contribution in [-0.4, -0.2) is 21.7 Å². The summed E-state index contributed by atoms with van der Waals surface area (Å²) in [6.45, 7) is 1.93. The molecule has 28 heavy (non-hydrogen) atoms. The molecule has 7 nitrogen and oxygen atoms in total. The number of anilines is 1. The van der Waals surface area contributed by atoms with E-state index in [0.717, 1.165) is 5.56 Å². The first-order valence-corrected chi connectivity index (χ1v) is 8.51. The van der Waals surface area contributed by atoms with Crippen LogP contribution in [0.4, 0.5) is 5.95 Å². The number of hydrogen-bond donors (Lipinski definition) is 2. The lowest BCUT2D eigenvalue weighted by atomic mass is 10.0. The van der Waals surface area contributed by atoms with Crippen molar-refractivity contribution in [3.8, 4) is 6.07 Å². The summed E-state index contributed by atoms with van der Waals surface area (Å²) < 4.78 is 0. The molecule has 0 aliphatic heterocycles. The van der Waals surface area contributed by atoms with Crippen LogP contribution in [0.15, 0.2) is 60.9 Å². The summed E-state index contributed by atoms with van der Waals surface area (Å²) in [4.78, 5) is 32.0. The zero-order valence-electron chi connectivity index (χ0n) is 15.1. The fraction of sp³-hybridized carbons (Fsp3) is 0.0952. The van der Waals surface area contributed by atoms with Gasteiger partial charge in [-0.05, 0) is 36.8 Å². The van der Waals surface area contributed by atoms with Gasteiger partial charge >= 0.3 is 0 Å². The monoisotopic (exact) mass is 371 g/mol. The van der Waals surface area contributed by atoms with Crippen molar-refractivity contribution in [2.24, 2.45) is 5.73 Å². The number of nitrogens with two attached hydrogens (primary N) is 1. The van der Waals surface area contributed by atoms with E-state index in [1.807, 2.05) is 13.0 Å². The average Bonchev–Trinajstić information content (AvgIpc) is 2.73. The van der Waals surface area contributed by atoms with Crippen LogP contribution in [-0.2, 0) is 0 Å². The molecule has 0 aliphatic rings. The maximum atomic E-state index is 12.5. The summed E-state index contributed by atoms with van der Waals surface area (Å²) >= 11 is 0. The predicted octanol–water partition coefficient (Wildman–Crippen LogP) is 2.85. The molecule has 3 rings (SSSR count). The van der Waals surface area contributed by atoms with Crippen LogP contribution < -0.4 is 11.1 Å². The molecular formula is C21H17N5O2. The number of hydrogen-bond acceptors (Lipinski definition) is 6. The van der Waals surface area contributed by atoms with E-state index in [0.29, 0.717) is 28.2 Å². The number of benzene rings is 2. The van der Waals surface area contributed by atoms with Crippen molar-refractivity contribution in [3.63, 3.8) is 0 Å². The van der Waals surface area contributed by atoms with Gasteiger partial charge in [-0.3, -0.25) is 9.59 Å². The third-order valence-electron chi connectivity index (χ3n) is 4.21.